The lowest BCUT2D eigenvalue weighted by Crippen LogP contribution is -2.37. The number of carbonyl (C=O) groups excluding carboxylic acids is 3. The molecule has 0 aliphatic rings. The molecule has 2 aromatic carbocycles. The van der Waals surface area contributed by atoms with Crippen LogP contribution in [-0.2, 0) is 20.5 Å². The highest BCUT2D eigenvalue weighted by atomic mass is 19.4. The molecule has 0 saturated heterocycles. The summed E-state index contributed by atoms with van der Waals surface area (Å²) in [5, 5.41) is 5.00. The van der Waals surface area contributed by atoms with Gasteiger partial charge in [-0.05, 0) is 55.3 Å². The number of rotatable bonds is 9. The first-order valence-corrected chi connectivity index (χ1v) is 10.1. The topological polar surface area (TPSA) is 93.7 Å². The number of hydrogen-bond donors (Lipinski definition) is 2. The molecule has 10 heteroatoms. The molecule has 0 spiro atoms. The minimum absolute atomic E-state index is 0.0110. The Hall–Kier alpha value is -3.56. The fraction of sp³-hybridized carbons (Fsp3) is 0.348. The third kappa shape index (κ3) is 8.47. The van der Waals surface area contributed by atoms with Crippen molar-refractivity contribution in [2.45, 2.75) is 33.1 Å². The van der Waals surface area contributed by atoms with Crippen LogP contribution in [0.2, 0.25) is 0 Å². The molecule has 0 heterocycles. The van der Waals surface area contributed by atoms with Gasteiger partial charge in [-0.25, -0.2) is 4.79 Å². The number of esters is 1. The third-order valence-electron chi connectivity index (χ3n) is 4.27. The Bertz CT molecular complexity index is 975. The molecular weight excluding hydrogens is 441 g/mol. The van der Waals surface area contributed by atoms with E-state index in [0.29, 0.717) is 6.54 Å². The van der Waals surface area contributed by atoms with Crippen LogP contribution in [0.4, 0.5) is 18.9 Å². The van der Waals surface area contributed by atoms with Crippen molar-refractivity contribution in [1.29, 1.82) is 0 Å². The fourth-order valence-corrected chi connectivity index (χ4v) is 2.54. The van der Waals surface area contributed by atoms with Gasteiger partial charge in [0.2, 0.25) is 0 Å². The predicted molar refractivity (Wildman–Crippen MR) is 115 cm³/mol. The van der Waals surface area contributed by atoms with Crippen molar-refractivity contribution in [3.8, 4) is 5.75 Å². The molecule has 0 aliphatic carbocycles. The number of nitrogens with one attached hydrogen (secondary N) is 2. The molecule has 0 aliphatic heterocycles. The minimum atomic E-state index is -4.52. The molecule has 2 N–H and O–H groups in total. The highest BCUT2D eigenvalue weighted by Gasteiger charge is 2.30. The normalized spacial score (nSPS) is 12.1. The molecule has 0 bridgehead atoms. The number of hydrogen-bond acceptors (Lipinski definition) is 5. The second kappa shape index (κ2) is 11.3. The van der Waals surface area contributed by atoms with Crippen molar-refractivity contribution in [1.82, 2.24) is 5.32 Å². The molecule has 1 atom stereocenters. The Balaban J connectivity index is 1.85. The van der Waals surface area contributed by atoms with Crippen LogP contribution in [0.3, 0.4) is 0 Å². The summed E-state index contributed by atoms with van der Waals surface area (Å²) >= 11 is 0. The Kier molecular flexibility index (Phi) is 8.84. The maximum Gasteiger partial charge on any atom is 0.416 e. The quantitative estimate of drug-likeness (QED) is 0.544. The summed E-state index contributed by atoms with van der Waals surface area (Å²) in [6, 6.07) is 9.90. The Labute approximate surface area is 189 Å². The summed E-state index contributed by atoms with van der Waals surface area (Å²) < 4.78 is 48.7. The zero-order valence-corrected chi connectivity index (χ0v) is 18.4. The highest BCUT2D eigenvalue weighted by Crippen LogP contribution is 2.30. The van der Waals surface area contributed by atoms with E-state index in [1.54, 1.807) is 0 Å². The van der Waals surface area contributed by atoms with Crippen LogP contribution in [0, 0.1) is 5.92 Å². The van der Waals surface area contributed by atoms with Crippen LogP contribution in [0.5, 0.6) is 5.75 Å². The van der Waals surface area contributed by atoms with E-state index in [4.69, 9.17) is 9.47 Å². The van der Waals surface area contributed by atoms with E-state index in [-0.39, 0.29) is 22.9 Å². The highest BCUT2D eigenvalue weighted by molar-refractivity contribution is 5.93. The van der Waals surface area contributed by atoms with Gasteiger partial charge in [0.1, 0.15) is 5.75 Å². The van der Waals surface area contributed by atoms with Crippen molar-refractivity contribution in [2.75, 3.05) is 18.5 Å². The molecule has 2 aromatic rings. The predicted octanol–water partition coefficient (Wildman–Crippen LogP) is 4.04. The van der Waals surface area contributed by atoms with Gasteiger partial charge in [0.05, 0.1) is 11.1 Å². The summed E-state index contributed by atoms with van der Waals surface area (Å²) in [6.07, 6.45) is -5.48. The molecule has 7 nitrogen and oxygen atoms in total. The smallest absolute Gasteiger partial charge is 0.416 e. The molecule has 0 saturated carbocycles. The van der Waals surface area contributed by atoms with E-state index >= 15 is 0 Å². The number of ether oxygens (including phenoxy) is 2. The summed E-state index contributed by atoms with van der Waals surface area (Å²) in [7, 11) is 0. The van der Waals surface area contributed by atoms with E-state index in [9.17, 15) is 27.6 Å². The van der Waals surface area contributed by atoms with Crippen LogP contribution in [0.25, 0.3) is 0 Å². The first-order valence-electron chi connectivity index (χ1n) is 10.1. The van der Waals surface area contributed by atoms with Crippen molar-refractivity contribution < 1.29 is 37.0 Å². The summed E-state index contributed by atoms with van der Waals surface area (Å²) in [5.74, 6) is -1.23. The zero-order valence-electron chi connectivity index (χ0n) is 18.4. The standard InChI is InChI=1S/C23H25F3N2O5/c1-14(2)12-27-21(30)15(3)33-22(31)16-7-9-19(10-8-16)32-13-20(29)28-18-6-4-5-17(11-18)23(24,25)26/h4-11,14-15H,12-13H2,1-3H3,(H,27,30)(H,28,29). The van der Waals surface area contributed by atoms with Gasteiger partial charge in [-0.1, -0.05) is 19.9 Å². The second-order valence-corrected chi connectivity index (χ2v) is 7.63. The Morgan fingerprint density at radius 2 is 1.67 bits per heavy atom. The number of carbonyl (C=O) groups is 3. The summed E-state index contributed by atoms with van der Waals surface area (Å²) in [4.78, 5) is 36.1. The van der Waals surface area contributed by atoms with Crippen LogP contribution in [0.1, 0.15) is 36.7 Å². The lowest BCUT2D eigenvalue weighted by molar-refractivity contribution is -0.137. The Morgan fingerprint density at radius 1 is 1.00 bits per heavy atom. The lowest BCUT2D eigenvalue weighted by atomic mass is 10.2. The van der Waals surface area contributed by atoms with Crippen molar-refractivity contribution in [3.63, 3.8) is 0 Å². The largest absolute Gasteiger partial charge is 0.484 e. The molecule has 0 aromatic heterocycles. The molecule has 33 heavy (non-hydrogen) atoms. The maximum absolute atomic E-state index is 12.7. The molecule has 2 rings (SSSR count). The number of anilines is 1. The number of benzene rings is 2. The van der Waals surface area contributed by atoms with Crippen LogP contribution in [0.15, 0.2) is 48.5 Å². The average Bonchev–Trinajstić information content (AvgIpc) is 2.75. The number of alkyl halides is 3. The van der Waals surface area contributed by atoms with E-state index in [0.717, 1.165) is 12.1 Å². The summed E-state index contributed by atoms with van der Waals surface area (Å²) in [6.45, 7) is 5.36. The third-order valence-corrected chi connectivity index (χ3v) is 4.27. The van der Waals surface area contributed by atoms with Crippen LogP contribution >= 0.6 is 0 Å². The van der Waals surface area contributed by atoms with Gasteiger partial charge in [-0.15, -0.1) is 0 Å². The van der Waals surface area contributed by atoms with Gasteiger partial charge >= 0.3 is 12.1 Å². The summed E-state index contributed by atoms with van der Waals surface area (Å²) in [5.41, 5.74) is -0.710. The van der Waals surface area contributed by atoms with E-state index in [1.807, 2.05) is 13.8 Å². The maximum atomic E-state index is 12.7. The molecule has 0 fully saturated rings. The fourth-order valence-electron chi connectivity index (χ4n) is 2.54. The van der Waals surface area contributed by atoms with Gasteiger partial charge in [0.25, 0.3) is 11.8 Å². The monoisotopic (exact) mass is 466 g/mol. The van der Waals surface area contributed by atoms with Gasteiger partial charge in [0, 0.05) is 12.2 Å². The first-order chi connectivity index (χ1) is 15.5. The number of amides is 2. The first kappa shape index (κ1) is 25.7. The van der Waals surface area contributed by atoms with Crippen molar-refractivity contribution in [2.24, 2.45) is 5.92 Å². The molecule has 0 radical (unpaired) electrons. The van der Waals surface area contributed by atoms with E-state index < -0.39 is 42.2 Å². The lowest BCUT2D eigenvalue weighted by Gasteiger charge is -2.14. The van der Waals surface area contributed by atoms with Crippen LogP contribution < -0.4 is 15.4 Å². The Morgan fingerprint density at radius 3 is 2.27 bits per heavy atom. The molecule has 178 valence electrons. The second-order valence-electron chi connectivity index (χ2n) is 7.63. The van der Waals surface area contributed by atoms with E-state index in [1.165, 1.54) is 43.3 Å². The van der Waals surface area contributed by atoms with Crippen molar-refractivity contribution in [3.05, 3.63) is 59.7 Å². The molecular formula is C23H25F3N2O5. The van der Waals surface area contributed by atoms with Gasteiger partial charge < -0.3 is 20.1 Å². The van der Waals surface area contributed by atoms with Crippen molar-refractivity contribution >= 4 is 23.5 Å². The van der Waals surface area contributed by atoms with Crippen LogP contribution in [-0.4, -0.2) is 37.0 Å². The number of halogens is 3. The minimum Gasteiger partial charge on any atom is -0.484 e. The van der Waals surface area contributed by atoms with Gasteiger partial charge in [-0.3, -0.25) is 9.59 Å². The van der Waals surface area contributed by atoms with Gasteiger partial charge in [-0.2, -0.15) is 13.2 Å². The van der Waals surface area contributed by atoms with Gasteiger partial charge in [0.15, 0.2) is 12.7 Å². The average molecular weight is 466 g/mol. The van der Waals surface area contributed by atoms with E-state index in [2.05, 4.69) is 10.6 Å². The zero-order chi connectivity index (χ0) is 24.6. The molecule has 1 unspecified atom stereocenters. The SMILES string of the molecule is CC(C)CNC(=O)C(C)OC(=O)c1ccc(OCC(=O)Nc2cccc(C(F)(F)F)c2)cc1. The molecule has 2 amide bonds.